The molecule has 0 amide bonds. The molecule has 2 aromatic rings. The van der Waals surface area contributed by atoms with Crippen LogP contribution in [0.1, 0.15) is 19.4 Å². The van der Waals surface area contributed by atoms with E-state index in [0.717, 1.165) is 0 Å². The zero-order valence-electron chi connectivity index (χ0n) is 10.8. The van der Waals surface area contributed by atoms with Crippen molar-refractivity contribution in [1.82, 2.24) is 0 Å². The zero-order chi connectivity index (χ0) is 13.6. The lowest BCUT2D eigenvalue weighted by molar-refractivity contribution is 0.0791. The summed E-state index contributed by atoms with van der Waals surface area (Å²) in [6.45, 7) is 3.37. The van der Waals surface area contributed by atoms with Gasteiger partial charge in [-0.25, -0.2) is 0 Å². The van der Waals surface area contributed by atoms with Gasteiger partial charge >= 0.3 is 0 Å². The summed E-state index contributed by atoms with van der Waals surface area (Å²) in [7, 11) is 0. The molecule has 0 saturated heterocycles. The predicted molar refractivity (Wildman–Crippen MR) is 72.7 cm³/mol. The van der Waals surface area contributed by atoms with Gasteiger partial charge in [-0.05, 0) is 32.0 Å². The van der Waals surface area contributed by atoms with Crippen molar-refractivity contribution < 1.29 is 14.6 Å². The first-order valence-corrected chi connectivity index (χ1v) is 6.06. The molecular weight excluding hydrogens is 242 g/mol. The average molecular weight is 257 g/mol. The average Bonchev–Trinajstić information content (AvgIpc) is 2.34. The van der Waals surface area contributed by atoms with E-state index in [1.54, 1.807) is 26.0 Å². The molecule has 0 fully saturated rings. The van der Waals surface area contributed by atoms with E-state index < -0.39 is 5.60 Å². The van der Waals surface area contributed by atoms with Crippen LogP contribution in [0.25, 0.3) is 0 Å². The molecule has 1 aliphatic rings. The van der Waals surface area contributed by atoms with E-state index in [2.05, 4.69) is 0 Å². The highest BCUT2D eigenvalue weighted by Gasteiger charge is 2.25. The number of anilines is 1. The Bertz CT molecular complexity index is 644. The number of aliphatic hydroxyl groups is 1. The van der Waals surface area contributed by atoms with Crippen LogP contribution in [0.4, 0.5) is 5.69 Å². The molecule has 3 N–H and O–H groups in total. The number of rotatable bonds is 1. The van der Waals surface area contributed by atoms with Crippen molar-refractivity contribution in [1.29, 1.82) is 0 Å². The Morgan fingerprint density at radius 1 is 0.947 bits per heavy atom. The Hall–Kier alpha value is -2.20. The Morgan fingerprint density at radius 2 is 1.47 bits per heavy atom. The number of hydrogen-bond acceptors (Lipinski definition) is 4. The fraction of sp³-hybridized carbons (Fsp3) is 0.200. The number of ether oxygens (including phenoxy) is 2. The van der Waals surface area contributed by atoms with Gasteiger partial charge in [0.15, 0.2) is 23.0 Å². The molecule has 4 nitrogen and oxygen atoms in total. The number of para-hydroxylation sites is 2. The van der Waals surface area contributed by atoms with E-state index in [-0.39, 0.29) is 0 Å². The summed E-state index contributed by atoms with van der Waals surface area (Å²) in [6.07, 6.45) is 0. The molecule has 98 valence electrons. The van der Waals surface area contributed by atoms with Crippen molar-refractivity contribution in [3.05, 3.63) is 42.0 Å². The van der Waals surface area contributed by atoms with E-state index in [1.165, 1.54) is 0 Å². The van der Waals surface area contributed by atoms with E-state index in [0.29, 0.717) is 34.2 Å². The van der Waals surface area contributed by atoms with Gasteiger partial charge in [0.05, 0.1) is 5.60 Å². The van der Waals surface area contributed by atoms with E-state index in [9.17, 15) is 5.11 Å². The zero-order valence-corrected chi connectivity index (χ0v) is 10.8. The van der Waals surface area contributed by atoms with Gasteiger partial charge in [-0.1, -0.05) is 12.1 Å². The van der Waals surface area contributed by atoms with E-state index in [4.69, 9.17) is 15.2 Å². The third-order valence-corrected chi connectivity index (χ3v) is 3.06. The molecule has 0 radical (unpaired) electrons. The van der Waals surface area contributed by atoms with Crippen molar-refractivity contribution in [2.45, 2.75) is 19.4 Å². The molecule has 0 atom stereocenters. The van der Waals surface area contributed by atoms with Gasteiger partial charge < -0.3 is 20.3 Å². The third-order valence-electron chi connectivity index (χ3n) is 3.06. The Kier molecular flexibility index (Phi) is 2.43. The van der Waals surface area contributed by atoms with E-state index >= 15 is 0 Å². The van der Waals surface area contributed by atoms with E-state index in [1.807, 2.05) is 24.3 Å². The standard InChI is InChI=1S/C15H15NO3/c1-15(2,17)9-7-13-14(8-10(9)16)19-12-6-4-3-5-11(12)18-13/h3-8,17H,16H2,1-2H3. The lowest BCUT2D eigenvalue weighted by Crippen LogP contribution is -2.18. The van der Waals surface area contributed by atoms with Gasteiger partial charge in [-0.3, -0.25) is 0 Å². The maximum Gasteiger partial charge on any atom is 0.172 e. The Morgan fingerprint density at radius 3 is 2.00 bits per heavy atom. The number of fused-ring (bicyclic) bond motifs is 2. The molecule has 3 rings (SSSR count). The molecule has 1 aliphatic heterocycles. The van der Waals surface area contributed by atoms with Crippen molar-refractivity contribution in [2.75, 3.05) is 5.73 Å². The molecule has 1 heterocycles. The minimum absolute atomic E-state index is 0.481. The van der Waals surface area contributed by atoms with Crippen molar-refractivity contribution in [3.63, 3.8) is 0 Å². The summed E-state index contributed by atoms with van der Waals surface area (Å²) in [5.41, 5.74) is 6.03. The second kappa shape index (κ2) is 3.90. The molecule has 0 spiro atoms. The predicted octanol–water partition coefficient (Wildman–Crippen LogP) is 3.39. The normalized spacial score (nSPS) is 13.0. The van der Waals surface area contributed by atoms with Gasteiger partial charge in [-0.2, -0.15) is 0 Å². The summed E-state index contributed by atoms with van der Waals surface area (Å²) in [6, 6.07) is 10.8. The molecule has 0 bridgehead atoms. The highest BCUT2D eigenvalue weighted by atomic mass is 16.6. The molecule has 0 aromatic heterocycles. The van der Waals surface area contributed by atoms with Crippen LogP contribution in [-0.4, -0.2) is 5.11 Å². The maximum absolute atomic E-state index is 10.1. The number of nitrogens with two attached hydrogens (primary N) is 1. The fourth-order valence-electron chi connectivity index (χ4n) is 2.12. The number of nitrogen functional groups attached to an aromatic ring is 1. The van der Waals surface area contributed by atoms with Crippen LogP contribution < -0.4 is 15.2 Å². The monoisotopic (exact) mass is 257 g/mol. The summed E-state index contributed by atoms with van der Waals surface area (Å²) in [5, 5.41) is 10.1. The van der Waals surface area contributed by atoms with Crippen LogP contribution in [-0.2, 0) is 5.60 Å². The highest BCUT2D eigenvalue weighted by Crippen LogP contribution is 2.47. The summed E-state index contributed by atoms with van der Waals surface area (Å²) in [5.74, 6) is 2.43. The van der Waals surface area contributed by atoms with Gasteiger partial charge in [0.1, 0.15) is 0 Å². The van der Waals surface area contributed by atoms with Gasteiger partial charge in [-0.15, -0.1) is 0 Å². The topological polar surface area (TPSA) is 64.7 Å². The summed E-state index contributed by atoms with van der Waals surface area (Å²) in [4.78, 5) is 0. The van der Waals surface area contributed by atoms with Gasteiger partial charge in [0, 0.05) is 17.3 Å². The largest absolute Gasteiger partial charge is 0.449 e. The minimum Gasteiger partial charge on any atom is -0.449 e. The van der Waals surface area contributed by atoms with Crippen LogP contribution in [0.2, 0.25) is 0 Å². The number of hydrogen-bond donors (Lipinski definition) is 2. The molecular formula is C15H15NO3. The van der Waals surface area contributed by atoms with Crippen molar-refractivity contribution in [2.24, 2.45) is 0 Å². The summed E-state index contributed by atoms with van der Waals surface area (Å²) < 4.78 is 11.5. The van der Waals surface area contributed by atoms with Crippen molar-refractivity contribution >= 4 is 5.69 Å². The smallest absolute Gasteiger partial charge is 0.172 e. The first kappa shape index (κ1) is 11.9. The molecule has 19 heavy (non-hydrogen) atoms. The van der Waals surface area contributed by atoms with Gasteiger partial charge in [0.2, 0.25) is 0 Å². The molecule has 4 heteroatoms. The lowest BCUT2D eigenvalue weighted by atomic mass is 9.96. The highest BCUT2D eigenvalue weighted by molar-refractivity contribution is 5.63. The third kappa shape index (κ3) is 2.00. The molecule has 0 unspecified atom stereocenters. The molecule has 0 aliphatic carbocycles. The second-order valence-corrected chi connectivity index (χ2v) is 5.10. The summed E-state index contributed by atoms with van der Waals surface area (Å²) >= 11 is 0. The quantitative estimate of drug-likeness (QED) is 0.656. The Labute approximate surface area is 111 Å². The van der Waals surface area contributed by atoms with Crippen LogP contribution in [0.15, 0.2) is 36.4 Å². The first-order valence-electron chi connectivity index (χ1n) is 6.06. The van der Waals surface area contributed by atoms with Gasteiger partial charge in [0.25, 0.3) is 0 Å². The molecule has 0 saturated carbocycles. The van der Waals surface area contributed by atoms with Crippen LogP contribution >= 0.6 is 0 Å². The molecule has 2 aromatic carbocycles. The number of benzene rings is 2. The first-order chi connectivity index (χ1) is 8.95. The Balaban J connectivity index is 2.10. The maximum atomic E-state index is 10.1. The van der Waals surface area contributed by atoms with Crippen LogP contribution in [0.5, 0.6) is 23.0 Å². The minimum atomic E-state index is -1.03. The SMILES string of the molecule is CC(C)(O)c1cc2c(cc1N)Oc1ccccc1O2. The van der Waals surface area contributed by atoms with Crippen LogP contribution in [0.3, 0.4) is 0 Å². The second-order valence-electron chi connectivity index (χ2n) is 5.10. The van der Waals surface area contributed by atoms with Crippen LogP contribution in [0, 0.1) is 0 Å². The van der Waals surface area contributed by atoms with Crippen molar-refractivity contribution in [3.8, 4) is 23.0 Å². The fourth-order valence-corrected chi connectivity index (χ4v) is 2.12. The lowest BCUT2D eigenvalue weighted by Gasteiger charge is -2.25.